The zero-order valence-electron chi connectivity index (χ0n) is 9.58. The highest BCUT2D eigenvalue weighted by molar-refractivity contribution is 5.79. The van der Waals surface area contributed by atoms with Gasteiger partial charge >= 0.3 is 0 Å². The largest absolute Gasteiger partial charge is 0.341 e. The van der Waals surface area contributed by atoms with Crippen LogP contribution in [0.4, 0.5) is 0 Å². The average molecular weight is 199 g/mol. The molecule has 1 fully saturated rings. The third-order valence-electron chi connectivity index (χ3n) is 3.01. The summed E-state index contributed by atoms with van der Waals surface area (Å²) in [7, 11) is 3.82. The van der Waals surface area contributed by atoms with E-state index in [1.54, 1.807) is 0 Å². The van der Waals surface area contributed by atoms with Gasteiger partial charge in [0.1, 0.15) is 0 Å². The first-order valence-electron chi connectivity index (χ1n) is 5.20. The Balaban J connectivity index is 2.53. The Kier molecular flexibility index (Phi) is 3.89. The molecule has 1 heterocycles. The molecule has 0 aromatic carbocycles. The molecule has 2 unspecified atom stereocenters. The Morgan fingerprint density at radius 3 is 2.79 bits per heavy atom. The van der Waals surface area contributed by atoms with Gasteiger partial charge in [-0.05, 0) is 20.9 Å². The summed E-state index contributed by atoms with van der Waals surface area (Å²) in [5.41, 5.74) is 0. The molecule has 82 valence electrons. The minimum absolute atomic E-state index is 0.228. The maximum Gasteiger partial charge on any atom is 0.236 e. The van der Waals surface area contributed by atoms with Gasteiger partial charge in [-0.3, -0.25) is 9.69 Å². The van der Waals surface area contributed by atoms with E-state index in [0.717, 1.165) is 13.1 Å². The summed E-state index contributed by atoms with van der Waals surface area (Å²) in [4.78, 5) is 15.7. The van der Waals surface area contributed by atoms with Crippen molar-refractivity contribution in [2.75, 3.05) is 33.7 Å². The normalized spacial score (nSPS) is 26.7. The van der Waals surface area contributed by atoms with Gasteiger partial charge in [-0.15, -0.1) is 0 Å². The lowest BCUT2D eigenvalue weighted by atomic mass is 10.1. The first-order chi connectivity index (χ1) is 6.56. The van der Waals surface area contributed by atoms with Gasteiger partial charge in [0.15, 0.2) is 0 Å². The highest BCUT2D eigenvalue weighted by Gasteiger charge is 2.28. The number of carbonyl (C=O) groups excluding carboxylic acids is 1. The average Bonchev–Trinajstić information content (AvgIpc) is 2.13. The molecule has 0 aliphatic carbocycles. The van der Waals surface area contributed by atoms with E-state index in [4.69, 9.17) is 0 Å². The number of carbonyl (C=O) groups is 1. The lowest BCUT2D eigenvalue weighted by Gasteiger charge is -2.40. The summed E-state index contributed by atoms with van der Waals surface area (Å²) in [6, 6.07) is 0.760. The number of likely N-dealkylation sites (N-methyl/N-ethyl adjacent to an activating group) is 2. The lowest BCUT2D eigenvalue weighted by Crippen LogP contribution is -2.57. The first kappa shape index (κ1) is 11.5. The van der Waals surface area contributed by atoms with Crippen molar-refractivity contribution in [3.63, 3.8) is 0 Å². The van der Waals surface area contributed by atoms with Crippen LogP contribution < -0.4 is 5.32 Å². The standard InChI is InChI=1S/C10H21N3O/c1-8(5-11-3)13-6-9(2)12(4)10(14)7-13/h8-9,11H,5-7H2,1-4H3. The smallest absolute Gasteiger partial charge is 0.236 e. The fraction of sp³-hybridized carbons (Fsp3) is 0.900. The van der Waals surface area contributed by atoms with E-state index in [-0.39, 0.29) is 5.91 Å². The maximum absolute atomic E-state index is 11.6. The molecular formula is C10H21N3O. The van der Waals surface area contributed by atoms with Crippen LogP contribution >= 0.6 is 0 Å². The van der Waals surface area contributed by atoms with E-state index >= 15 is 0 Å². The number of rotatable bonds is 3. The SMILES string of the molecule is CNCC(C)N1CC(=O)N(C)C(C)C1. The van der Waals surface area contributed by atoms with Gasteiger partial charge in [-0.25, -0.2) is 0 Å². The minimum Gasteiger partial charge on any atom is -0.341 e. The van der Waals surface area contributed by atoms with Gasteiger partial charge in [0.25, 0.3) is 0 Å². The molecule has 1 aliphatic rings. The highest BCUT2D eigenvalue weighted by Crippen LogP contribution is 2.10. The van der Waals surface area contributed by atoms with Crippen LogP contribution in [0.15, 0.2) is 0 Å². The quantitative estimate of drug-likeness (QED) is 0.681. The summed E-state index contributed by atoms with van der Waals surface area (Å²) in [5, 5.41) is 3.14. The Morgan fingerprint density at radius 2 is 2.29 bits per heavy atom. The molecule has 1 amide bonds. The molecule has 1 N–H and O–H groups in total. The number of amides is 1. The molecule has 4 heteroatoms. The van der Waals surface area contributed by atoms with Gasteiger partial charge in [-0.2, -0.15) is 0 Å². The van der Waals surface area contributed by atoms with Crippen LogP contribution in [-0.2, 0) is 4.79 Å². The van der Waals surface area contributed by atoms with Crippen molar-refractivity contribution in [1.82, 2.24) is 15.1 Å². The maximum atomic E-state index is 11.6. The van der Waals surface area contributed by atoms with Crippen LogP contribution in [-0.4, -0.2) is 61.5 Å². The molecule has 4 nitrogen and oxygen atoms in total. The Hall–Kier alpha value is -0.610. The lowest BCUT2D eigenvalue weighted by molar-refractivity contribution is -0.138. The second-order valence-corrected chi connectivity index (χ2v) is 4.19. The van der Waals surface area contributed by atoms with Gasteiger partial charge in [0.2, 0.25) is 5.91 Å². The Bertz CT molecular complexity index is 208. The Morgan fingerprint density at radius 1 is 1.64 bits per heavy atom. The van der Waals surface area contributed by atoms with Crippen molar-refractivity contribution >= 4 is 5.91 Å². The summed E-state index contributed by atoms with van der Waals surface area (Å²) >= 11 is 0. The molecule has 1 saturated heterocycles. The molecule has 0 aromatic heterocycles. The Labute approximate surface area is 86.2 Å². The van der Waals surface area contributed by atoms with Gasteiger partial charge < -0.3 is 10.2 Å². The van der Waals surface area contributed by atoms with Gasteiger partial charge in [-0.1, -0.05) is 0 Å². The second-order valence-electron chi connectivity index (χ2n) is 4.19. The van der Waals surface area contributed by atoms with Crippen LogP contribution in [0.2, 0.25) is 0 Å². The minimum atomic E-state index is 0.228. The van der Waals surface area contributed by atoms with E-state index in [9.17, 15) is 4.79 Å². The summed E-state index contributed by atoms with van der Waals surface area (Å²) in [6.07, 6.45) is 0. The van der Waals surface area contributed by atoms with Crippen LogP contribution in [0.1, 0.15) is 13.8 Å². The number of piperazine rings is 1. The van der Waals surface area contributed by atoms with Crippen molar-refractivity contribution < 1.29 is 4.79 Å². The summed E-state index contributed by atoms with van der Waals surface area (Å²) < 4.78 is 0. The third kappa shape index (κ3) is 2.45. The summed E-state index contributed by atoms with van der Waals surface area (Å²) in [5.74, 6) is 0.228. The van der Waals surface area contributed by atoms with E-state index in [1.807, 2.05) is 19.0 Å². The molecule has 0 radical (unpaired) electrons. The number of nitrogens with one attached hydrogen (secondary N) is 1. The molecule has 0 aromatic rings. The van der Waals surface area contributed by atoms with E-state index in [1.165, 1.54) is 0 Å². The van der Waals surface area contributed by atoms with Crippen LogP contribution in [0.25, 0.3) is 0 Å². The van der Waals surface area contributed by atoms with Crippen LogP contribution in [0.3, 0.4) is 0 Å². The zero-order chi connectivity index (χ0) is 10.7. The molecule has 2 atom stereocenters. The van der Waals surface area contributed by atoms with Crippen LogP contribution in [0, 0.1) is 0 Å². The molecule has 1 aliphatic heterocycles. The first-order valence-corrected chi connectivity index (χ1v) is 5.20. The van der Waals surface area contributed by atoms with Crippen molar-refractivity contribution in [3.05, 3.63) is 0 Å². The van der Waals surface area contributed by atoms with Crippen molar-refractivity contribution in [1.29, 1.82) is 0 Å². The zero-order valence-corrected chi connectivity index (χ0v) is 9.58. The topological polar surface area (TPSA) is 35.6 Å². The monoisotopic (exact) mass is 199 g/mol. The van der Waals surface area contributed by atoms with E-state index in [2.05, 4.69) is 24.1 Å². The molecule has 14 heavy (non-hydrogen) atoms. The number of hydrogen-bond acceptors (Lipinski definition) is 3. The van der Waals surface area contributed by atoms with Gasteiger partial charge in [0, 0.05) is 32.2 Å². The summed E-state index contributed by atoms with van der Waals surface area (Å²) in [6.45, 7) is 6.72. The van der Waals surface area contributed by atoms with Crippen molar-refractivity contribution in [2.24, 2.45) is 0 Å². The van der Waals surface area contributed by atoms with Gasteiger partial charge in [0.05, 0.1) is 6.54 Å². The van der Waals surface area contributed by atoms with Crippen molar-refractivity contribution in [2.45, 2.75) is 25.9 Å². The van der Waals surface area contributed by atoms with E-state index in [0.29, 0.717) is 18.6 Å². The fourth-order valence-corrected chi connectivity index (χ4v) is 1.82. The molecular weight excluding hydrogens is 178 g/mol. The molecule has 1 rings (SSSR count). The van der Waals surface area contributed by atoms with Crippen molar-refractivity contribution in [3.8, 4) is 0 Å². The molecule has 0 saturated carbocycles. The predicted molar refractivity (Wildman–Crippen MR) is 57.2 cm³/mol. The number of nitrogens with zero attached hydrogens (tertiary/aromatic N) is 2. The highest BCUT2D eigenvalue weighted by atomic mass is 16.2. The second kappa shape index (κ2) is 4.75. The number of hydrogen-bond donors (Lipinski definition) is 1. The fourth-order valence-electron chi connectivity index (χ4n) is 1.82. The molecule has 0 bridgehead atoms. The van der Waals surface area contributed by atoms with E-state index < -0.39 is 0 Å². The molecule has 0 spiro atoms. The predicted octanol–water partition coefficient (Wildman–Crippen LogP) is -0.243. The van der Waals surface area contributed by atoms with Crippen LogP contribution in [0.5, 0.6) is 0 Å². The third-order valence-corrected chi connectivity index (χ3v) is 3.01.